The fourth-order valence-corrected chi connectivity index (χ4v) is 1.30. The van der Waals surface area contributed by atoms with Gasteiger partial charge in [-0.15, -0.1) is 0 Å². The second kappa shape index (κ2) is 3.53. The van der Waals surface area contributed by atoms with Gasteiger partial charge in [0, 0.05) is 17.3 Å². The monoisotopic (exact) mass is 204 g/mol. The standard InChI is InChI=1S/C10H9FN4/c11-8-4-2-1-3-6(8)7-5-14-10(13)15-9(7)12/h1-5H,(H4,12,13,14,15). The van der Waals surface area contributed by atoms with Crippen LogP contribution in [0.5, 0.6) is 0 Å². The molecule has 0 saturated heterocycles. The molecule has 76 valence electrons. The number of nitrogen functional groups attached to an aromatic ring is 2. The highest BCUT2D eigenvalue weighted by molar-refractivity contribution is 5.73. The van der Waals surface area contributed by atoms with E-state index in [9.17, 15) is 4.39 Å². The molecular weight excluding hydrogens is 195 g/mol. The van der Waals surface area contributed by atoms with E-state index in [0.29, 0.717) is 11.1 Å². The predicted molar refractivity (Wildman–Crippen MR) is 56.3 cm³/mol. The molecule has 0 amide bonds. The lowest BCUT2D eigenvalue weighted by Crippen LogP contribution is -2.01. The third-order valence-electron chi connectivity index (χ3n) is 2.00. The van der Waals surface area contributed by atoms with Crippen LogP contribution in [-0.4, -0.2) is 9.97 Å². The number of nitrogens with two attached hydrogens (primary N) is 2. The molecule has 2 rings (SSSR count). The van der Waals surface area contributed by atoms with Crippen LogP contribution in [0.25, 0.3) is 11.1 Å². The van der Waals surface area contributed by atoms with E-state index >= 15 is 0 Å². The lowest BCUT2D eigenvalue weighted by Gasteiger charge is -2.05. The predicted octanol–water partition coefficient (Wildman–Crippen LogP) is 1.45. The summed E-state index contributed by atoms with van der Waals surface area (Å²) in [7, 11) is 0. The van der Waals surface area contributed by atoms with E-state index in [4.69, 9.17) is 11.5 Å². The van der Waals surface area contributed by atoms with E-state index in [2.05, 4.69) is 9.97 Å². The zero-order chi connectivity index (χ0) is 10.8. The quantitative estimate of drug-likeness (QED) is 0.736. The van der Waals surface area contributed by atoms with Gasteiger partial charge < -0.3 is 11.5 Å². The van der Waals surface area contributed by atoms with Crippen LogP contribution >= 0.6 is 0 Å². The minimum atomic E-state index is -0.363. The molecule has 0 bridgehead atoms. The average molecular weight is 204 g/mol. The normalized spacial score (nSPS) is 10.2. The van der Waals surface area contributed by atoms with Gasteiger partial charge in [-0.05, 0) is 6.07 Å². The zero-order valence-electron chi connectivity index (χ0n) is 7.81. The Kier molecular flexibility index (Phi) is 2.21. The number of benzene rings is 1. The van der Waals surface area contributed by atoms with Gasteiger partial charge in [0.25, 0.3) is 0 Å². The van der Waals surface area contributed by atoms with Crippen molar-refractivity contribution in [2.75, 3.05) is 11.5 Å². The Balaban J connectivity index is 2.60. The molecule has 0 aliphatic carbocycles. The third-order valence-corrected chi connectivity index (χ3v) is 2.00. The highest BCUT2D eigenvalue weighted by Gasteiger charge is 2.09. The molecule has 0 spiro atoms. The first-order chi connectivity index (χ1) is 7.18. The van der Waals surface area contributed by atoms with Crippen molar-refractivity contribution in [2.45, 2.75) is 0 Å². The number of hydrogen-bond acceptors (Lipinski definition) is 4. The van der Waals surface area contributed by atoms with E-state index in [-0.39, 0.29) is 17.6 Å². The van der Waals surface area contributed by atoms with Crippen molar-refractivity contribution in [2.24, 2.45) is 0 Å². The lowest BCUT2D eigenvalue weighted by molar-refractivity contribution is 0.631. The van der Waals surface area contributed by atoms with Gasteiger partial charge in [-0.3, -0.25) is 0 Å². The van der Waals surface area contributed by atoms with Crippen LogP contribution in [-0.2, 0) is 0 Å². The van der Waals surface area contributed by atoms with Gasteiger partial charge in [0.1, 0.15) is 11.6 Å². The summed E-state index contributed by atoms with van der Waals surface area (Å²) < 4.78 is 13.4. The van der Waals surface area contributed by atoms with Crippen LogP contribution < -0.4 is 11.5 Å². The number of nitrogens with zero attached hydrogens (tertiary/aromatic N) is 2. The average Bonchev–Trinajstić information content (AvgIpc) is 2.20. The molecule has 1 aromatic carbocycles. The summed E-state index contributed by atoms with van der Waals surface area (Å²) in [6, 6.07) is 6.28. The molecule has 15 heavy (non-hydrogen) atoms. The van der Waals surface area contributed by atoms with Crippen LogP contribution in [0.3, 0.4) is 0 Å². The molecule has 0 fully saturated rings. The van der Waals surface area contributed by atoms with Gasteiger partial charge in [-0.1, -0.05) is 18.2 Å². The molecule has 0 saturated carbocycles. The topological polar surface area (TPSA) is 77.8 Å². The fourth-order valence-electron chi connectivity index (χ4n) is 1.30. The summed E-state index contributed by atoms with van der Waals surface area (Å²) in [5.41, 5.74) is 11.8. The van der Waals surface area contributed by atoms with Crippen LogP contribution in [0.4, 0.5) is 16.2 Å². The highest BCUT2D eigenvalue weighted by Crippen LogP contribution is 2.26. The molecule has 1 aromatic heterocycles. The van der Waals surface area contributed by atoms with Crippen molar-refractivity contribution in [1.29, 1.82) is 0 Å². The maximum Gasteiger partial charge on any atom is 0.221 e. The molecule has 0 atom stereocenters. The van der Waals surface area contributed by atoms with E-state index in [1.54, 1.807) is 18.2 Å². The summed E-state index contributed by atoms with van der Waals surface area (Å²) in [6.45, 7) is 0. The Hall–Kier alpha value is -2.17. The zero-order valence-corrected chi connectivity index (χ0v) is 7.81. The van der Waals surface area contributed by atoms with Crippen molar-refractivity contribution in [3.8, 4) is 11.1 Å². The van der Waals surface area contributed by atoms with E-state index in [1.807, 2.05) is 0 Å². The number of anilines is 2. The van der Waals surface area contributed by atoms with Crippen molar-refractivity contribution in [3.05, 3.63) is 36.3 Å². The maximum absolute atomic E-state index is 13.4. The van der Waals surface area contributed by atoms with Gasteiger partial charge in [-0.2, -0.15) is 4.98 Å². The van der Waals surface area contributed by atoms with Crippen LogP contribution in [0.15, 0.2) is 30.5 Å². The van der Waals surface area contributed by atoms with Crippen LogP contribution in [0.1, 0.15) is 0 Å². The SMILES string of the molecule is Nc1ncc(-c2ccccc2F)c(N)n1. The second-order valence-corrected chi connectivity index (χ2v) is 3.01. The Morgan fingerprint density at radius 1 is 1.07 bits per heavy atom. The molecular formula is C10H9FN4. The van der Waals surface area contributed by atoms with E-state index in [1.165, 1.54) is 12.3 Å². The minimum Gasteiger partial charge on any atom is -0.383 e. The molecule has 4 nitrogen and oxygen atoms in total. The highest BCUT2D eigenvalue weighted by atomic mass is 19.1. The van der Waals surface area contributed by atoms with E-state index < -0.39 is 0 Å². The minimum absolute atomic E-state index is 0.0765. The Morgan fingerprint density at radius 3 is 2.47 bits per heavy atom. The van der Waals surface area contributed by atoms with Gasteiger partial charge in [-0.25, -0.2) is 9.37 Å². The van der Waals surface area contributed by atoms with Crippen molar-refractivity contribution >= 4 is 11.8 Å². The molecule has 4 N–H and O–H groups in total. The Bertz CT molecular complexity index is 499. The van der Waals surface area contributed by atoms with Crippen LogP contribution in [0, 0.1) is 5.82 Å². The number of aromatic nitrogens is 2. The third kappa shape index (κ3) is 1.71. The summed E-state index contributed by atoms with van der Waals surface area (Å²) in [5.74, 6) is -0.113. The van der Waals surface area contributed by atoms with Gasteiger partial charge in [0.15, 0.2) is 0 Å². The van der Waals surface area contributed by atoms with Gasteiger partial charge in [0.2, 0.25) is 5.95 Å². The largest absolute Gasteiger partial charge is 0.383 e. The fraction of sp³-hybridized carbons (Fsp3) is 0. The first kappa shape index (κ1) is 9.39. The number of halogens is 1. The van der Waals surface area contributed by atoms with Crippen molar-refractivity contribution in [3.63, 3.8) is 0 Å². The summed E-state index contributed by atoms with van der Waals surface area (Å²) in [6.07, 6.45) is 1.41. The summed E-state index contributed by atoms with van der Waals surface area (Å²) >= 11 is 0. The first-order valence-corrected chi connectivity index (χ1v) is 4.31. The molecule has 5 heteroatoms. The Morgan fingerprint density at radius 2 is 1.80 bits per heavy atom. The number of hydrogen-bond donors (Lipinski definition) is 2. The summed E-state index contributed by atoms with van der Waals surface area (Å²) in [5, 5.41) is 0. The van der Waals surface area contributed by atoms with Crippen LogP contribution in [0.2, 0.25) is 0 Å². The molecule has 0 unspecified atom stereocenters. The van der Waals surface area contributed by atoms with Crippen molar-refractivity contribution in [1.82, 2.24) is 9.97 Å². The Labute approximate surface area is 85.8 Å². The number of rotatable bonds is 1. The molecule has 0 aliphatic rings. The lowest BCUT2D eigenvalue weighted by atomic mass is 10.1. The molecule has 0 radical (unpaired) electrons. The van der Waals surface area contributed by atoms with E-state index in [0.717, 1.165) is 0 Å². The molecule has 1 heterocycles. The summed E-state index contributed by atoms with van der Waals surface area (Å²) in [4.78, 5) is 7.55. The maximum atomic E-state index is 13.4. The smallest absolute Gasteiger partial charge is 0.221 e. The second-order valence-electron chi connectivity index (χ2n) is 3.01. The van der Waals surface area contributed by atoms with Gasteiger partial charge >= 0.3 is 0 Å². The van der Waals surface area contributed by atoms with Crippen molar-refractivity contribution < 1.29 is 4.39 Å². The molecule has 0 aliphatic heterocycles. The first-order valence-electron chi connectivity index (χ1n) is 4.31. The molecule has 2 aromatic rings. The van der Waals surface area contributed by atoms with Gasteiger partial charge in [0.05, 0.1) is 0 Å².